The van der Waals surface area contributed by atoms with Crippen molar-refractivity contribution in [3.63, 3.8) is 0 Å². The molecule has 1 amide bonds. The second-order valence-electron chi connectivity index (χ2n) is 7.60. The minimum atomic E-state index is -0.309. The largest absolute Gasteiger partial charge is 0.497 e. The van der Waals surface area contributed by atoms with Crippen LogP contribution in [0.2, 0.25) is 0 Å². The highest BCUT2D eigenvalue weighted by molar-refractivity contribution is 6.00. The molecule has 0 saturated heterocycles. The van der Waals surface area contributed by atoms with Gasteiger partial charge in [-0.05, 0) is 54.0 Å². The van der Waals surface area contributed by atoms with Crippen LogP contribution in [-0.2, 0) is 11.3 Å². The normalized spacial score (nSPS) is 11.5. The number of hydrogen-bond acceptors (Lipinski definition) is 4. The summed E-state index contributed by atoms with van der Waals surface area (Å²) < 4.78 is 29.6. The summed E-state index contributed by atoms with van der Waals surface area (Å²) in [5, 5.41) is 3.74. The van der Waals surface area contributed by atoms with Gasteiger partial charge in [0.2, 0.25) is 5.91 Å². The molecule has 33 heavy (non-hydrogen) atoms. The Morgan fingerprint density at radius 1 is 1.03 bits per heavy atom. The summed E-state index contributed by atoms with van der Waals surface area (Å²) in [4.78, 5) is 12.5. The quantitative estimate of drug-likeness (QED) is 0.356. The van der Waals surface area contributed by atoms with Crippen LogP contribution >= 0.6 is 0 Å². The van der Waals surface area contributed by atoms with Crippen LogP contribution in [0.25, 0.3) is 27.7 Å². The number of rotatable bonds is 7. The lowest BCUT2D eigenvalue weighted by Crippen LogP contribution is -2.20. The van der Waals surface area contributed by atoms with Crippen LogP contribution in [0.4, 0.5) is 4.39 Å². The Kier molecular flexibility index (Phi) is 6.45. The van der Waals surface area contributed by atoms with Crippen LogP contribution < -0.4 is 14.8 Å². The van der Waals surface area contributed by atoms with E-state index in [1.54, 1.807) is 32.6 Å². The maximum atomic E-state index is 13.1. The van der Waals surface area contributed by atoms with Crippen LogP contribution in [0.5, 0.6) is 11.5 Å². The van der Waals surface area contributed by atoms with Crippen molar-refractivity contribution in [1.82, 2.24) is 5.32 Å². The smallest absolute Gasteiger partial charge is 0.244 e. The first-order chi connectivity index (χ1) is 16.0. The topological polar surface area (TPSA) is 60.7 Å². The Morgan fingerprint density at radius 2 is 1.76 bits per heavy atom. The molecule has 5 nitrogen and oxygen atoms in total. The summed E-state index contributed by atoms with van der Waals surface area (Å²) in [5.74, 6) is 0.829. The van der Waals surface area contributed by atoms with Gasteiger partial charge in [0.15, 0.2) is 0 Å². The number of carbonyl (C=O) groups excluding carboxylic acids is 1. The number of fused-ring (bicyclic) bond motifs is 1. The number of furan rings is 1. The Labute approximate surface area is 191 Å². The van der Waals surface area contributed by atoms with Gasteiger partial charge in [-0.3, -0.25) is 4.79 Å². The Morgan fingerprint density at radius 3 is 2.42 bits per heavy atom. The number of carbonyl (C=O) groups is 1. The summed E-state index contributed by atoms with van der Waals surface area (Å²) in [6.45, 7) is 2.16. The molecule has 1 N–H and O–H groups in total. The molecule has 0 bridgehead atoms. The van der Waals surface area contributed by atoms with Gasteiger partial charge in [0.25, 0.3) is 0 Å². The molecule has 3 aromatic carbocycles. The van der Waals surface area contributed by atoms with Gasteiger partial charge < -0.3 is 19.2 Å². The molecule has 0 aliphatic rings. The second kappa shape index (κ2) is 9.61. The van der Waals surface area contributed by atoms with Crippen LogP contribution in [0, 0.1) is 5.82 Å². The number of nitrogens with one attached hydrogen (secondary N) is 1. The van der Waals surface area contributed by atoms with E-state index in [1.165, 1.54) is 18.2 Å². The fourth-order valence-corrected chi connectivity index (χ4v) is 3.64. The van der Waals surface area contributed by atoms with Gasteiger partial charge in [-0.1, -0.05) is 24.3 Å². The molecule has 168 valence electrons. The van der Waals surface area contributed by atoms with Crippen molar-refractivity contribution in [3.05, 3.63) is 89.9 Å². The molecule has 0 radical (unpaired) electrons. The molecule has 4 aromatic rings. The predicted molar refractivity (Wildman–Crippen MR) is 127 cm³/mol. The third-order valence-electron chi connectivity index (χ3n) is 5.45. The van der Waals surface area contributed by atoms with E-state index in [4.69, 9.17) is 13.9 Å². The molecule has 0 aliphatic heterocycles. The molecule has 6 heteroatoms. The lowest BCUT2D eigenvalue weighted by Gasteiger charge is -2.10. The standard InChI is InChI=1S/C27H24FNO4/c1-17(12-27(30)29-15-18-4-8-20(28)9-5-18)22-13-23-24(16-33-26(23)14-25(22)32-3)19-6-10-21(31-2)11-7-19/h4-14,16H,15H2,1-3H3,(H,29,30)/b17-12+. The molecular formula is C27H24FNO4. The van der Waals surface area contributed by atoms with Gasteiger partial charge in [-0.25, -0.2) is 4.39 Å². The van der Waals surface area contributed by atoms with Crippen LogP contribution in [-0.4, -0.2) is 20.1 Å². The maximum Gasteiger partial charge on any atom is 0.244 e. The van der Waals surface area contributed by atoms with Gasteiger partial charge >= 0.3 is 0 Å². The first kappa shape index (κ1) is 22.1. The fraction of sp³-hybridized carbons (Fsp3) is 0.148. The minimum Gasteiger partial charge on any atom is -0.497 e. The molecule has 1 heterocycles. The molecule has 0 aliphatic carbocycles. The monoisotopic (exact) mass is 445 g/mol. The fourth-order valence-electron chi connectivity index (χ4n) is 3.64. The third-order valence-corrected chi connectivity index (χ3v) is 5.45. The lowest BCUT2D eigenvalue weighted by molar-refractivity contribution is -0.116. The summed E-state index contributed by atoms with van der Waals surface area (Å²) in [5.41, 5.74) is 4.96. The highest BCUT2D eigenvalue weighted by Gasteiger charge is 2.15. The third kappa shape index (κ3) is 4.90. The Bertz CT molecular complexity index is 1300. The molecule has 0 unspecified atom stereocenters. The van der Waals surface area contributed by atoms with E-state index in [2.05, 4.69) is 5.32 Å². The first-order valence-electron chi connectivity index (χ1n) is 10.4. The van der Waals surface area contributed by atoms with Crippen molar-refractivity contribution in [2.75, 3.05) is 14.2 Å². The Balaban J connectivity index is 1.62. The average molecular weight is 445 g/mol. The molecule has 0 atom stereocenters. The van der Waals surface area contributed by atoms with Crippen molar-refractivity contribution in [2.24, 2.45) is 0 Å². The zero-order valence-corrected chi connectivity index (χ0v) is 18.6. The SMILES string of the molecule is COc1ccc(-c2coc3cc(OC)c(/C(C)=C/C(=O)NCc4ccc(F)cc4)cc23)cc1. The predicted octanol–water partition coefficient (Wildman–Crippen LogP) is 5.98. The van der Waals surface area contributed by atoms with Crippen LogP contribution in [0.3, 0.4) is 0 Å². The molecular weight excluding hydrogens is 421 g/mol. The average Bonchev–Trinajstić information content (AvgIpc) is 3.25. The summed E-state index contributed by atoms with van der Waals surface area (Å²) in [7, 11) is 3.21. The highest BCUT2D eigenvalue weighted by Crippen LogP contribution is 2.37. The van der Waals surface area contributed by atoms with E-state index in [9.17, 15) is 9.18 Å². The molecule has 0 fully saturated rings. The van der Waals surface area contributed by atoms with Gasteiger partial charge in [-0.2, -0.15) is 0 Å². The van der Waals surface area contributed by atoms with E-state index in [0.717, 1.165) is 39.0 Å². The molecule has 1 aromatic heterocycles. The van der Waals surface area contributed by atoms with Crippen molar-refractivity contribution in [2.45, 2.75) is 13.5 Å². The molecule has 0 saturated carbocycles. The highest BCUT2D eigenvalue weighted by atomic mass is 19.1. The number of halogens is 1. The van der Waals surface area contributed by atoms with Gasteiger partial charge in [-0.15, -0.1) is 0 Å². The van der Waals surface area contributed by atoms with Gasteiger partial charge in [0.05, 0.1) is 20.5 Å². The maximum absolute atomic E-state index is 13.1. The zero-order chi connectivity index (χ0) is 23.4. The second-order valence-corrected chi connectivity index (χ2v) is 7.60. The van der Waals surface area contributed by atoms with E-state index >= 15 is 0 Å². The van der Waals surface area contributed by atoms with Crippen LogP contribution in [0.15, 0.2) is 77.4 Å². The lowest BCUT2D eigenvalue weighted by atomic mass is 9.99. The van der Waals surface area contributed by atoms with E-state index in [0.29, 0.717) is 17.9 Å². The van der Waals surface area contributed by atoms with E-state index < -0.39 is 0 Å². The van der Waals surface area contributed by atoms with Crippen molar-refractivity contribution >= 4 is 22.4 Å². The minimum absolute atomic E-state index is 0.249. The summed E-state index contributed by atoms with van der Waals surface area (Å²) in [6.07, 6.45) is 3.24. The van der Waals surface area contributed by atoms with Gasteiger partial charge in [0.1, 0.15) is 22.9 Å². The Hall–Kier alpha value is -4.06. The number of benzene rings is 3. The zero-order valence-electron chi connectivity index (χ0n) is 18.6. The number of amides is 1. The van der Waals surface area contributed by atoms with Crippen molar-refractivity contribution in [3.8, 4) is 22.6 Å². The van der Waals surface area contributed by atoms with Gasteiger partial charge in [0, 0.05) is 35.2 Å². The van der Waals surface area contributed by atoms with E-state index in [-0.39, 0.29) is 11.7 Å². The molecule has 4 rings (SSSR count). The molecule has 0 spiro atoms. The number of ether oxygens (including phenoxy) is 2. The number of allylic oxidation sites excluding steroid dienone is 1. The number of hydrogen-bond donors (Lipinski definition) is 1. The first-order valence-corrected chi connectivity index (χ1v) is 10.4. The number of methoxy groups -OCH3 is 2. The van der Waals surface area contributed by atoms with Crippen LogP contribution in [0.1, 0.15) is 18.1 Å². The summed E-state index contributed by atoms with van der Waals surface area (Å²) in [6, 6.07) is 17.6. The summed E-state index contributed by atoms with van der Waals surface area (Å²) >= 11 is 0. The van der Waals surface area contributed by atoms with Crippen molar-refractivity contribution < 1.29 is 23.1 Å². The van der Waals surface area contributed by atoms with Crippen molar-refractivity contribution in [1.29, 1.82) is 0 Å². The van der Waals surface area contributed by atoms with E-state index in [1.807, 2.05) is 43.3 Å².